The lowest BCUT2D eigenvalue weighted by Crippen LogP contribution is -2.38. The Morgan fingerprint density at radius 1 is 1.04 bits per heavy atom. The Labute approximate surface area is 146 Å². The second-order valence-electron chi connectivity index (χ2n) is 6.20. The number of carbonyl (C=O) groups excluding carboxylic acids is 2. The zero-order valence-electron chi connectivity index (χ0n) is 13.2. The van der Waals surface area contributed by atoms with Gasteiger partial charge in [0, 0.05) is 16.3 Å². The van der Waals surface area contributed by atoms with Crippen LogP contribution in [0.25, 0.3) is 0 Å². The third-order valence-corrected chi connectivity index (χ3v) is 4.91. The van der Waals surface area contributed by atoms with Gasteiger partial charge in [-0.2, -0.15) is 0 Å². The van der Waals surface area contributed by atoms with Gasteiger partial charge in [0.15, 0.2) is 0 Å². The van der Waals surface area contributed by atoms with Crippen LogP contribution in [0.3, 0.4) is 0 Å². The highest BCUT2D eigenvalue weighted by molar-refractivity contribution is 6.30. The predicted octanol–water partition coefficient (Wildman–Crippen LogP) is 3.89. The summed E-state index contributed by atoms with van der Waals surface area (Å²) in [6, 6.07) is 14.2. The van der Waals surface area contributed by atoms with Gasteiger partial charge in [0.25, 0.3) is 0 Å². The summed E-state index contributed by atoms with van der Waals surface area (Å²) in [6.07, 6.45) is 3.58. The Hall–Kier alpha value is -2.33. The zero-order valence-corrected chi connectivity index (χ0v) is 14.0. The lowest BCUT2D eigenvalue weighted by Gasteiger charge is -2.28. The Kier molecular flexibility index (Phi) is 4.58. The molecule has 0 unspecified atom stereocenters. The van der Waals surface area contributed by atoms with Gasteiger partial charge in [0.1, 0.15) is 0 Å². The van der Waals surface area contributed by atoms with Gasteiger partial charge < -0.3 is 11.1 Å². The minimum absolute atomic E-state index is 0.0658. The molecule has 2 aromatic carbocycles. The van der Waals surface area contributed by atoms with Crippen LogP contribution in [0.15, 0.2) is 48.5 Å². The largest absolute Gasteiger partial charge is 0.366 e. The number of carbonyl (C=O) groups is 2. The molecule has 4 nitrogen and oxygen atoms in total. The molecule has 2 aromatic rings. The topological polar surface area (TPSA) is 72.2 Å². The van der Waals surface area contributed by atoms with Crippen molar-refractivity contribution in [1.82, 2.24) is 0 Å². The van der Waals surface area contributed by atoms with Crippen LogP contribution in [-0.4, -0.2) is 11.8 Å². The van der Waals surface area contributed by atoms with Crippen molar-refractivity contribution < 1.29 is 9.59 Å². The molecule has 3 rings (SSSR count). The maximum Gasteiger partial charge on any atom is 0.248 e. The summed E-state index contributed by atoms with van der Waals surface area (Å²) in [5.41, 5.74) is 6.61. The van der Waals surface area contributed by atoms with Crippen molar-refractivity contribution in [3.05, 3.63) is 64.7 Å². The fourth-order valence-electron chi connectivity index (χ4n) is 3.41. The minimum atomic E-state index is -0.576. The molecule has 0 saturated heterocycles. The van der Waals surface area contributed by atoms with E-state index in [4.69, 9.17) is 17.3 Å². The van der Waals surface area contributed by atoms with Crippen LogP contribution in [0.5, 0.6) is 0 Å². The zero-order chi connectivity index (χ0) is 17.2. The second-order valence-corrected chi connectivity index (χ2v) is 6.64. The van der Waals surface area contributed by atoms with E-state index < -0.39 is 11.3 Å². The van der Waals surface area contributed by atoms with Crippen molar-refractivity contribution in [2.45, 2.75) is 31.1 Å². The van der Waals surface area contributed by atoms with E-state index in [9.17, 15) is 9.59 Å². The smallest absolute Gasteiger partial charge is 0.248 e. The highest BCUT2D eigenvalue weighted by atomic mass is 35.5. The summed E-state index contributed by atoms with van der Waals surface area (Å²) >= 11 is 6.12. The lowest BCUT2D eigenvalue weighted by atomic mass is 9.78. The van der Waals surface area contributed by atoms with Crippen molar-refractivity contribution >= 4 is 29.1 Å². The lowest BCUT2D eigenvalue weighted by molar-refractivity contribution is -0.121. The average Bonchev–Trinajstić information content (AvgIpc) is 3.06. The first-order valence-electron chi connectivity index (χ1n) is 7.99. The number of hydrogen-bond acceptors (Lipinski definition) is 2. The Balaban J connectivity index is 1.91. The van der Waals surface area contributed by atoms with Crippen LogP contribution in [0.4, 0.5) is 5.69 Å². The molecule has 1 aliphatic carbocycles. The first-order valence-corrected chi connectivity index (χ1v) is 8.36. The SMILES string of the molecule is NC(=O)c1cccc(NC(=O)C2(c3cccc(Cl)c3)CCCC2)c1. The molecule has 2 amide bonds. The van der Waals surface area contributed by atoms with Gasteiger partial charge in [0.05, 0.1) is 5.41 Å². The third-order valence-electron chi connectivity index (χ3n) is 4.67. The van der Waals surface area contributed by atoms with Crippen LogP contribution in [0.2, 0.25) is 5.02 Å². The molecule has 0 heterocycles. The van der Waals surface area contributed by atoms with E-state index in [0.29, 0.717) is 16.3 Å². The maximum atomic E-state index is 13.1. The summed E-state index contributed by atoms with van der Waals surface area (Å²) in [4.78, 5) is 24.4. The fraction of sp³-hybridized carbons (Fsp3) is 0.263. The Morgan fingerprint density at radius 2 is 1.75 bits per heavy atom. The van der Waals surface area contributed by atoms with E-state index in [-0.39, 0.29) is 5.91 Å². The van der Waals surface area contributed by atoms with Gasteiger partial charge in [-0.25, -0.2) is 0 Å². The molecule has 0 radical (unpaired) electrons. The number of amides is 2. The van der Waals surface area contributed by atoms with Crippen LogP contribution < -0.4 is 11.1 Å². The van der Waals surface area contributed by atoms with E-state index in [1.807, 2.05) is 24.3 Å². The maximum absolute atomic E-state index is 13.1. The monoisotopic (exact) mass is 342 g/mol. The quantitative estimate of drug-likeness (QED) is 0.884. The molecule has 124 valence electrons. The first-order chi connectivity index (χ1) is 11.5. The summed E-state index contributed by atoms with van der Waals surface area (Å²) in [5.74, 6) is -0.583. The van der Waals surface area contributed by atoms with E-state index in [1.54, 1.807) is 24.3 Å². The summed E-state index contributed by atoms with van der Waals surface area (Å²) in [5, 5.41) is 3.58. The Bertz CT molecular complexity index is 782. The second kappa shape index (κ2) is 6.65. The van der Waals surface area contributed by atoms with Crippen molar-refractivity contribution in [2.75, 3.05) is 5.32 Å². The number of nitrogens with two attached hydrogens (primary N) is 1. The molecular weight excluding hydrogens is 324 g/mol. The van der Waals surface area contributed by atoms with Crippen LogP contribution in [0.1, 0.15) is 41.6 Å². The molecule has 24 heavy (non-hydrogen) atoms. The normalized spacial score (nSPS) is 15.9. The molecule has 0 aliphatic heterocycles. The number of rotatable bonds is 4. The van der Waals surface area contributed by atoms with E-state index in [1.165, 1.54) is 0 Å². The third kappa shape index (κ3) is 3.15. The molecule has 5 heteroatoms. The summed E-state index contributed by atoms with van der Waals surface area (Å²) in [6.45, 7) is 0. The van der Waals surface area contributed by atoms with Crippen LogP contribution in [0, 0.1) is 0 Å². The summed E-state index contributed by atoms with van der Waals surface area (Å²) in [7, 11) is 0. The van der Waals surface area contributed by atoms with Gasteiger partial charge >= 0.3 is 0 Å². The van der Waals surface area contributed by atoms with Gasteiger partial charge in [-0.15, -0.1) is 0 Å². The predicted molar refractivity (Wildman–Crippen MR) is 95.2 cm³/mol. The molecule has 3 N–H and O–H groups in total. The van der Waals surface area contributed by atoms with Crippen molar-refractivity contribution in [3.8, 4) is 0 Å². The number of halogens is 1. The van der Waals surface area contributed by atoms with E-state index in [0.717, 1.165) is 31.2 Å². The first kappa shape index (κ1) is 16.5. The molecule has 1 fully saturated rings. The number of hydrogen-bond donors (Lipinski definition) is 2. The van der Waals surface area contributed by atoms with E-state index in [2.05, 4.69) is 5.32 Å². The number of anilines is 1. The van der Waals surface area contributed by atoms with Crippen molar-refractivity contribution in [2.24, 2.45) is 5.73 Å². The van der Waals surface area contributed by atoms with Crippen LogP contribution >= 0.6 is 11.6 Å². The number of benzene rings is 2. The molecule has 1 saturated carbocycles. The highest BCUT2D eigenvalue weighted by Gasteiger charge is 2.42. The van der Waals surface area contributed by atoms with Crippen molar-refractivity contribution in [1.29, 1.82) is 0 Å². The molecule has 1 aliphatic rings. The molecule has 0 bridgehead atoms. The number of primary amides is 1. The molecule has 0 aromatic heterocycles. The standard InChI is InChI=1S/C19H19ClN2O2/c20-15-7-4-6-14(12-15)19(9-1-2-10-19)18(24)22-16-8-3-5-13(11-16)17(21)23/h3-8,11-12H,1-2,9-10H2,(H2,21,23)(H,22,24). The summed E-state index contributed by atoms with van der Waals surface area (Å²) < 4.78 is 0. The highest BCUT2D eigenvalue weighted by Crippen LogP contribution is 2.42. The number of nitrogens with one attached hydrogen (secondary N) is 1. The molecule has 0 spiro atoms. The van der Waals surface area contributed by atoms with E-state index >= 15 is 0 Å². The van der Waals surface area contributed by atoms with Crippen LogP contribution in [-0.2, 0) is 10.2 Å². The van der Waals surface area contributed by atoms with Gasteiger partial charge in [-0.05, 0) is 48.7 Å². The fourth-order valence-corrected chi connectivity index (χ4v) is 3.60. The van der Waals surface area contributed by atoms with Gasteiger partial charge in [0.2, 0.25) is 11.8 Å². The molecule has 0 atom stereocenters. The van der Waals surface area contributed by atoms with Crippen molar-refractivity contribution in [3.63, 3.8) is 0 Å². The molecular formula is C19H19ClN2O2. The van der Waals surface area contributed by atoms with Gasteiger partial charge in [-0.1, -0.05) is 42.6 Å². The average molecular weight is 343 g/mol. The van der Waals surface area contributed by atoms with Gasteiger partial charge in [-0.3, -0.25) is 9.59 Å². The minimum Gasteiger partial charge on any atom is -0.366 e. The Morgan fingerprint density at radius 3 is 2.42 bits per heavy atom.